The number of Topliss-reactive ketones (excluding diaryl/α,β-unsaturated/α-hetero) is 1. The van der Waals surface area contributed by atoms with Crippen LogP contribution in [0.4, 0.5) is 0 Å². The van der Waals surface area contributed by atoms with Gasteiger partial charge in [0.05, 0.1) is 31.8 Å². The summed E-state index contributed by atoms with van der Waals surface area (Å²) in [5.41, 5.74) is -0.514. The van der Waals surface area contributed by atoms with Crippen molar-refractivity contribution in [2.75, 3.05) is 14.2 Å². The average molecular weight is 581 g/mol. The fraction of sp³-hybridized carbons (Fsp3) is 0.235. The number of methoxy groups -OCH3 is 2. The molecule has 0 aromatic heterocycles. The Kier molecular flexibility index (Phi) is 8.02. The molecule has 0 fully saturated rings. The van der Waals surface area contributed by atoms with E-state index >= 15 is 0 Å². The molecular weight excluding hydrogens is 548 g/mol. The molecule has 9 heteroatoms. The largest absolute Gasteiger partial charge is 0.466 e. The van der Waals surface area contributed by atoms with Gasteiger partial charge in [-0.2, -0.15) is 0 Å². The van der Waals surface area contributed by atoms with E-state index in [0.717, 1.165) is 12.7 Å². The Hall–Kier alpha value is -5.02. The zero-order chi connectivity index (χ0) is 30.9. The van der Waals surface area contributed by atoms with Crippen LogP contribution in [0.5, 0.6) is 0 Å². The Morgan fingerprint density at radius 3 is 1.86 bits per heavy atom. The maximum absolute atomic E-state index is 14.8. The van der Waals surface area contributed by atoms with E-state index in [0.29, 0.717) is 16.8 Å². The lowest BCUT2D eigenvalue weighted by molar-refractivity contribution is -0.179. The van der Waals surface area contributed by atoms with E-state index in [1.54, 1.807) is 72.5 Å². The maximum atomic E-state index is 14.8. The van der Waals surface area contributed by atoms with Crippen molar-refractivity contribution in [2.45, 2.75) is 38.0 Å². The number of carbonyl (C=O) groups excluding carboxylic acids is 4. The molecule has 0 bridgehead atoms. The van der Waals surface area contributed by atoms with E-state index in [9.17, 15) is 24.3 Å². The maximum Gasteiger partial charge on any atom is 0.348 e. The van der Waals surface area contributed by atoms with E-state index in [1.807, 2.05) is 30.3 Å². The van der Waals surface area contributed by atoms with Crippen LogP contribution in [-0.2, 0) is 35.2 Å². The Balaban J connectivity index is 1.95. The molecule has 0 saturated heterocycles. The van der Waals surface area contributed by atoms with Gasteiger partial charge >= 0.3 is 11.9 Å². The molecule has 1 amide bonds. The molecule has 1 N–H and O–H groups in total. The summed E-state index contributed by atoms with van der Waals surface area (Å²) in [4.78, 5) is 58.5. The second-order valence-corrected chi connectivity index (χ2v) is 10.4. The third-order valence-corrected chi connectivity index (χ3v) is 8.02. The number of esters is 2. The van der Waals surface area contributed by atoms with Crippen molar-refractivity contribution in [2.24, 2.45) is 0 Å². The molecule has 2 aliphatic rings. The van der Waals surface area contributed by atoms with Gasteiger partial charge in [-0.3, -0.25) is 14.5 Å². The van der Waals surface area contributed by atoms with Gasteiger partial charge in [0.25, 0.3) is 11.5 Å². The molecule has 0 spiro atoms. The number of allylic oxidation sites excluding steroid dienone is 1. The SMILES string of the molecule is COC(=O)C1=C(C)N(Cc2ccccc2)C2=C(C(C)=O)[C@H](c3ccccc3)[C@@](O)(C(=O)OC)C(=O)N2C1c1ccccc1. The van der Waals surface area contributed by atoms with Crippen molar-refractivity contribution < 1.29 is 33.8 Å². The number of ether oxygens (including phenoxy) is 2. The van der Waals surface area contributed by atoms with Crippen LogP contribution in [0.3, 0.4) is 0 Å². The van der Waals surface area contributed by atoms with Crippen molar-refractivity contribution in [3.63, 3.8) is 0 Å². The summed E-state index contributed by atoms with van der Waals surface area (Å²) >= 11 is 0. The third kappa shape index (κ3) is 4.81. The molecule has 3 aromatic carbocycles. The second kappa shape index (κ2) is 11.7. The molecule has 2 aliphatic heterocycles. The minimum atomic E-state index is -2.83. The summed E-state index contributed by atoms with van der Waals surface area (Å²) in [5, 5.41) is 12.3. The highest BCUT2D eigenvalue weighted by molar-refractivity contribution is 6.13. The van der Waals surface area contributed by atoms with Crippen LogP contribution in [0.15, 0.2) is 114 Å². The van der Waals surface area contributed by atoms with Gasteiger partial charge < -0.3 is 19.5 Å². The molecule has 43 heavy (non-hydrogen) atoms. The van der Waals surface area contributed by atoms with Crippen LogP contribution in [0.2, 0.25) is 0 Å². The number of hydrogen-bond acceptors (Lipinski definition) is 8. The first-order valence-corrected chi connectivity index (χ1v) is 13.8. The smallest absolute Gasteiger partial charge is 0.348 e. The standard InChI is InChI=1S/C34H32N2O7/c1-21-26(31(38)42-3)29(25-18-12-7-13-19-25)36-30(35(21)20-23-14-8-5-9-15-23)27(22(2)37)28(24-16-10-6-11-17-24)34(41,32(36)39)33(40)43-4/h5-19,28-29,41H,20H2,1-4H3/t28-,29?,34-/m0/s1. The van der Waals surface area contributed by atoms with Crippen molar-refractivity contribution in [3.8, 4) is 0 Å². The number of ketones is 1. The molecule has 220 valence electrons. The number of nitrogens with zero attached hydrogens (tertiary/aromatic N) is 2. The molecular formula is C34H32N2O7. The average Bonchev–Trinajstić information content (AvgIpc) is 3.03. The summed E-state index contributed by atoms with van der Waals surface area (Å²) in [5.74, 6) is -4.66. The number of rotatable bonds is 7. The third-order valence-electron chi connectivity index (χ3n) is 8.02. The topological polar surface area (TPSA) is 113 Å². The number of aliphatic hydroxyl groups is 1. The minimum absolute atomic E-state index is 0.0267. The Morgan fingerprint density at radius 1 is 0.814 bits per heavy atom. The van der Waals surface area contributed by atoms with Gasteiger partial charge in [0.2, 0.25) is 0 Å². The zero-order valence-electron chi connectivity index (χ0n) is 24.3. The van der Waals surface area contributed by atoms with Gasteiger partial charge in [0, 0.05) is 17.8 Å². The summed E-state index contributed by atoms with van der Waals surface area (Å²) in [7, 11) is 2.31. The summed E-state index contributed by atoms with van der Waals surface area (Å²) in [6.45, 7) is 3.23. The van der Waals surface area contributed by atoms with E-state index in [2.05, 4.69) is 0 Å². The highest BCUT2D eigenvalue weighted by atomic mass is 16.5. The fourth-order valence-electron chi connectivity index (χ4n) is 6.07. The van der Waals surface area contributed by atoms with Crippen LogP contribution in [0, 0.1) is 0 Å². The monoisotopic (exact) mass is 580 g/mol. The van der Waals surface area contributed by atoms with Crippen LogP contribution in [-0.4, -0.2) is 58.4 Å². The van der Waals surface area contributed by atoms with Crippen molar-refractivity contribution in [3.05, 3.63) is 130 Å². The lowest BCUT2D eigenvalue weighted by Crippen LogP contribution is -2.65. The van der Waals surface area contributed by atoms with Gasteiger partial charge in [-0.25, -0.2) is 9.59 Å². The van der Waals surface area contributed by atoms with Crippen molar-refractivity contribution in [1.82, 2.24) is 9.80 Å². The van der Waals surface area contributed by atoms with Crippen molar-refractivity contribution >= 4 is 23.6 Å². The zero-order valence-corrected chi connectivity index (χ0v) is 24.3. The molecule has 2 heterocycles. The normalized spacial score (nSPS) is 21.8. The lowest BCUT2D eigenvalue weighted by Gasteiger charge is -2.52. The molecule has 0 saturated carbocycles. The molecule has 0 radical (unpaired) electrons. The first kappa shape index (κ1) is 29.5. The quantitative estimate of drug-likeness (QED) is 0.329. The second-order valence-electron chi connectivity index (χ2n) is 10.4. The molecule has 3 aromatic rings. The van der Waals surface area contributed by atoms with Gasteiger partial charge in [0.1, 0.15) is 5.82 Å². The highest BCUT2D eigenvalue weighted by Crippen LogP contribution is 2.52. The minimum Gasteiger partial charge on any atom is -0.466 e. The first-order valence-electron chi connectivity index (χ1n) is 13.8. The summed E-state index contributed by atoms with van der Waals surface area (Å²) in [6.07, 6.45) is 0. The van der Waals surface area contributed by atoms with Gasteiger partial charge in [-0.1, -0.05) is 91.0 Å². The molecule has 9 nitrogen and oxygen atoms in total. The number of benzene rings is 3. The van der Waals surface area contributed by atoms with Gasteiger partial charge in [-0.15, -0.1) is 0 Å². The Labute approximate surface area is 249 Å². The molecule has 3 atom stereocenters. The number of amides is 1. The predicted octanol–water partition coefficient (Wildman–Crippen LogP) is 4.02. The summed E-state index contributed by atoms with van der Waals surface area (Å²) in [6, 6.07) is 25.4. The van der Waals surface area contributed by atoms with Crippen molar-refractivity contribution in [1.29, 1.82) is 0 Å². The lowest BCUT2D eigenvalue weighted by atomic mass is 9.71. The van der Waals surface area contributed by atoms with E-state index in [4.69, 9.17) is 9.47 Å². The van der Waals surface area contributed by atoms with Crippen LogP contribution in [0.25, 0.3) is 0 Å². The highest BCUT2D eigenvalue weighted by Gasteiger charge is 2.64. The number of fused-ring (bicyclic) bond motifs is 1. The number of hydrogen-bond donors (Lipinski definition) is 1. The van der Waals surface area contributed by atoms with Crippen LogP contribution >= 0.6 is 0 Å². The summed E-state index contributed by atoms with van der Waals surface area (Å²) < 4.78 is 10.2. The number of carbonyl (C=O) groups is 4. The first-order chi connectivity index (χ1) is 20.7. The van der Waals surface area contributed by atoms with E-state index in [-0.39, 0.29) is 23.5 Å². The Bertz CT molecular complexity index is 1630. The molecule has 0 aliphatic carbocycles. The van der Waals surface area contributed by atoms with Crippen LogP contribution < -0.4 is 0 Å². The molecule has 5 rings (SSSR count). The Morgan fingerprint density at radius 2 is 1.35 bits per heavy atom. The van der Waals surface area contributed by atoms with Gasteiger partial charge in [-0.05, 0) is 30.5 Å². The van der Waals surface area contributed by atoms with Gasteiger partial charge in [0.15, 0.2) is 5.78 Å². The van der Waals surface area contributed by atoms with Crippen LogP contribution in [0.1, 0.15) is 42.5 Å². The predicted molar refractivity (Wildman–Crippen MR) is 157 cm³/mol. The fourth-order valence-corrected chi connectivity index (χ4v) is 6.07. The van der Waals surface area contributed by atoms with E-state index in [1.165, 1.54) is 18.9 Å². The molecule has 1 unspecified atom stereocenters. The van der Waals surface area contributed by atoms with E-state index < -0.39 is 41.2 Å².